The van der Waals surface area contributed by atoms with Crippen molar-refractivity contribution < 1.29 is 8.94 Å². The van der Waals surface area contributed by atoms with Crippen LogP contribution in [0.3, 0.4) is 0 Å². The van der Waals surface area contributed by atoms with Crippen molar-refractivity contribution in [1.82, 2.24) is 20.2 Å². The molecule has 2 N–H and O–H groups in total. The van der Waals surface area contributed by atoms with E-state index in [1.165, 1.54) is 0 Å². The van der Waals surface area contributed by atoms with Crippen LogP contribution in [0.1, 0.15) is 11.4 Å². The molecular formula is C11H11N5O2. The minimum Gasteiger partial charge on any atom is -0.461 e. The second-order valence-corrected chi connectivity index (χ2v) is 3.77. The predicted molar refractivity (Wildman–Crippen MR) is 61.2 cm³/mol. The van der Waals surface area contributed by atoms with E-state index < -0.39 is 0 Å². The van der Waals surface area contributed by atoms with Gasteiger partial charge in [-0.25, -0.2) is 4.68 Å². The van der Waals surface area contributed by atoms with Crippen LogP contribution in [0.4, 0.5) is 0 Å². The number of nitrogens with zero attached hydrogens (tertiary/aromatic N) is 4. The summed E-state index contributed by atoms with van der Waals surface area (Å²) in [5.74, 6) is 1.24. The Hall–Kier alpha value is -2.41. The van der Waals surface area contributed by atoms with E-state index in [0.29, 0.717) is 24.6 Å². The highest BCUT2D eigenvalue weighted by Crippen LogP contribution is 2.20. The monoisotopic (exact) mass is 245 g/mol. The molecule has 0 amide bonds. The molecule has 0 bridgehead atoms. The summed E-state index contributed by atoms with van der Waals surface area (Å²) in [5, 5.41) is 11.8. The van der Waals surface area contributed by atoms with Crippen LogP contribution in [0.15, 0.2) is 39.6 Å². The molecule has 92 valence electrons. The van der Waals surface area contributed by atoms with Gasteiger partial charge in [0, 0.05) is 12.6 Å². The van der Waals surface area contributed by atoms with Gasteiger partial charge in [0.1, 0.15) is 5.69 Å². The molecule has 0 saturated carbocycles. The van der Waals surface area contributed by atoms with Crippen LogP contribution >= 0.6 is 0 Å². The van der Waals surface area contributed by atoms with Gasteiger partial charge in [-0.2, -0.15) is 0 Å². The average Bonchev–Trinajstić information content (AvgIpc) is 3.10. The fraction of sp³-hybridized carbons (Fsp3) is 0.182. The van der Waals surface area contributed by atoms with Gasteiger partial charge < -0.3 is 14.7 Å². The van der Waals surface area contributed by atoms with Crippen molar-refractivity contribution in [3.63, 3.8) is 0 Å². The summed E-state index contributed by atoms with van der Waals surface area (Å²) < 4.78 is 12.1. The van der Waals surface area contributed by atoms with Crippen LogP contribution < -0.4 is 5.73 Å². The molecule has 3 heterocycles. The van der Waals surface area contributed by atoms with Gasteiger partial charge in [-0.1, -0.05) is 10.4 Å². The standard InChI is InChI=1S/C11H11N5O2/c12-5-9-7-16(15-13-9)6-8-4-11(18-14-8)10-2-1-3-17-10/h1-4,7H,5-6,12H2. The molecule has 0 aromatic carbocycles. The lowest BCUT2D eigenvalue weighted by Crippen LogP contribution is -2.00. The molecule has 3 aromatic rings. The van der Waals surface area contributed by atoms with E-state index >= 15 is 0 Å². The Morgan fingerprint density at radius 3 is 2.94 bits per heavy atom. The van der Waals surface area contributed by atoms with Crippen molar-refractivity contribution >= 4 is 0 Å². The van der Waals surface area contributed by atoms with Gasteiger partial charge >= 0.3 is 0 Å². The Labute approximate surface area is 102 Å². The van der Waals surface area contributed by atoms with E-state index in [1.54, 1.807) is 23.2 Å². The van der Waals surface area contributed by atoms with Crippen molar-refractivity contribution in [3.8, 4) is 11.5 Å². The first-order chi connectivity index (χ1) is 8.85. The van der Waals surface area contributed by atoms with Gasteiger partial charge in [0.15, 0.2) is 5.76 Å². The summed E-state index contributed by atoms with van der Waals surface area (Å²) in [5.41, 5.74) is 6.95. The maximum absolute atomic E-state index is 5.46. The van der Waals surface area contributed by atoms with Crippen LogP contribution in [-0.2, 0) is 13.1 Å². The Kier molecular flexibility index (Phi) is 2.66. The van der Waals surface area contributed by atoms with E-state index in [9.17, 15) is 0 Å². The molecule has 0 atom stereocenters. The summed E-state index contributed by atoms with van der Waals surface area (Å²) in [7, 11) is 0. The molecule has 0 aliphatic rings. The van der Waals surface area contributed by atoms with Crippen LogP contribution in [-0.4, -0.2) is 20.2 Å². The second kappa shape index (κ2) is 4.46. The topological polar surface area (TPSA) is 95.9 Å². The minimum atomic E-state index is 0.371. The Balaban J connectivity index is 1.77. The normalized spacial score (nSPS) is 10.9. The summed E-state index contributed by atoms with van der Waals surface area (Å²) in [6, 6.07) is 5.41. The lowest BCUT2D eigenvalue weighted by atomic mass is 10.3. The third-order valence-corrected chi connectivity index (χ3v) is 2.44. The SMILES string of the molecule is NCc1cn(Cc2cc(-c3ccco3)on2)nn1. The average molecular weight is 245 g/mol. The van der Waals surface area contributed by atoms with E-state index in [-0.39, 0.29) is 0 Å². The molecule has 0 radical (unpaired) electrons. The quantitative estimate of drug-likeness (QED) is 0.737. The molecule has 0 spiro atoms. The van der Waals surface area contributed by atoms with E-state index in [4.69, 9.17) is 14.7 Å². The first kappa shape index (κ1) is 10.7. The maximum Gasteiger partial charge on any atom is 0.202 e. The number of aromatic nitrogens is 4. The van der Waals surface area contributed by atoms with E-state index in [0.717, 1.165) is 11.4 Å². The molecule has 0 unspecified atom stereocenters. The number of rotatable bonds is 4. The van der Waals surface area contributed by atoms with Gasteiger partial charge in [-0.05, 0) is 12.1 Å². The number of hydrogen-bond acceptors (Lipinski definition) is 6. The van der Waals surface area contributed by atoms with Crippen LogP contribution in [0.25, 0.3) is 11.5 Å². The highest BCUT2D eigenvalue weighted by atomic mass is 16.5. The predicted octanol–water partition coefficient (Wildman–Crippen LogP) is 1.03. The number of nitrogens with two attached hydrogens (primary N) is 1. The van der Waals surface area contributed by atoms with Gasteiger partial charge in [0.2, 0.25) is 5.76 Å². The summed E-state index contributed by atoms with van der Waals surface area (Å²) in [4.78, 5) is 0. The van der Waals surface area contributed by atoms with Crippen molar-refractivity contribution in [2.75, 3.05) is 0 Å². The lowest BCUT2D eigenvalue weighted by Gasteiger charge is -1.92. The van der Waals surface area contributed by atoms with E-state index in [1.807, 2.05) is 12.1 Å². The zero-order valence-corrected chi connectivity index (χ0v) is 9.48. The highest BCUT2D eigenvalue weighted by Gasteiger charge is 2.10. The Morgan fingerprint density at radius 1 is 1.28 bits per heavy atom. The smallest absolute Gasteiger partial charge is 0.202 e. The summed E-state index contributed by atoms with van der Waals surface area (Å²) in [6.07, 6.45) is 3.36. The van der Waals surface area contributed by atoms with Crippen LogP contribution in [0.5, 0.6) is 0 Å². The first-order valence-electron chi connectivity index (χ1n) is 5.43. The fourth-order valence-corrected chi connectivity index (χ4v) is 1.60. The molecule has 0 aliphatic carbocycles. The van der Waals surface area contributed by atoms with Crippen molar-refractivity contribution in [3.05, 3.63) is 42.0 Å². The third-order valence-electron chi connectivity index (χ3n) is 2.44. The number of hydrogen-bond donors (Lipinski definition) is 1. The molecule has 18 heavy (non-hydrogen) atoms. The van der Waals surface area contributed by atoms with Gasteiger partial charge in [0.25, 0.3) is 0 Å². The van der Waals surface area contributed by atoms with Crippen LogP contribution in [0, 0.1) is 0 Å². The van der Waals surface area contributed by atoms with Crippen molar-refractivity contribution in [2.45, 2.75) is 13.1 Å². The van der Waals surface area contributed by atoms with E-state index in [2.05, 4.69) is 15.5 Å². The Bertz CT molecular complexity index is 625. The number of furan rings is 1. The Morgan fingerprint density at radius 2 is 2.22 bits per heavy atom. The molecule has 7 heteroatoms. The van der Waals surface area contributed by atoms with Gasteiger partial charge in [0.05, 0.1) is 24.7 Å². The highest BCUT2D eigenvalue weighted by molar-refractivity contribution is 5.49. The molecule has 0 fully saturated rings. The molecule has 7 nitrogen and oxygen atoms in total. The lowest BCUT2D eigenvalue weighted by molar-refractivity contribution is 0.407. The summed E-state index contributed by atoms with van der Waals surface area (Å²) >= 11 is 0. The minimum absolute atomic E-state index is 0.371. The third kappa shape index (κ3) is 2.03. The van der Waals surface area contributed by atoms with Gasteiger partial charge in [-0.3, -0.25) is 0 Å². The van der Waals surface area contributed by atoms with Crippen molar-refractivity contribution in [2.24, 2.45) is 5.73 Å². The first-order valence-corrected chi connectivity index (χ1v) is 5.43. The van der Waals surface area contributed by atoms with Gasteiger partial charge in [-0.15, -0.1) is 5.10 Å². The molecule has 3 aromatic heterocycles. The molecule has 3 rings (SSSR count). The van der Waals surface area contributed by atoms with Crippen LogP contribution in [0.2, 0.25) is 0 Å². The maximum atomic E-state index is 5.46. The largest absolute Gasteiger partial charge is 0.461 e. The molecular weight excluding hydrogens is 234 g/mol. The second-order valence-electron chi connectivity index (χ2n) is 3.77. The molecule has 0 aliphatic heterocycles. The zero-order chi connectivity index (χ0) is 12.4. The molecule has 0 saturated heterocycles. The zero-order valence-electron chi connectivity index (χ0n) is 9.48. The van der Waals surface area contributed by atoms with Crippen molar-refractivity contribution in [1.29, 1.82) is 0 Å². The fourth-order valence-electron chi connectivity index (χ4n) is 1.60. The summed E-state index contributed by atoms with van der Waals surface area (Å²) in [6.45, 7) is 0.855.